The number of imidazole rings is 1. The van der Waals surface area contributed by atoms with E-state index in [0.717, 1.165) is 6.07 Å². The third kappa shape index (κ3) is 4.39. The van der Waals surface area contributed by atoms with Gasteiger partial charge in [0, 0.05) is 11.6 Å². The zero-order chi connectivity index (χ0) is 22.0. The maximum Gasteiger partial charge on any atom is 0.359 e. The number of carbonyl (C=O) groups is 3. The number of hydrogen-bond acceptors (Lipinski definition) is 6. The molecular weight excluding hydrogens is 449 g/mol. The van der Waals surface area contributed by atoms with Gasteiger partial charge < -0.3 is 15.4 Å². The second kappa shape index (κ2) is 8.71. The summed E-state index contributed by atoms with van der Waals surface area (Å²) in [7, 11) is 0. The monoisotopic (exact) mass is 460 g/mol. The largest absolute Gasteiger partial charge is 0.448 e. The smallest absolute Gasteiger partial charge is 0.359 e. The molecule has 8 nitrogen and oxygen atoms in total. The number of esters is 1. The number of rotatable bonds is 6. The predicted molar refractivity (Wildman–Crippen MR) is 101 cm³/mol. The lowest BCUT2D eigenvalue weighted by atomic mass is 10.2. The summed E-state index contributed by atoms with van der Waals surface area (Å²) in [6.07, 6.45) is 0.257. The van der Waals surface area contributed by atoms with Gasteiger partial charge in [0.05, 0.1) is 12.2 Å². The van der Waals surface area contributed by atoms with Gasteiger partial charge in [0.25, 0.3) is 5.91 Å². The molecule has 1 aromatic carbocycles. The van der Waals surface area contributed by atoms with Gasteiger partial charge in [-0.1, -0.05) is 11.6 Å². The number of anilines is 1. The molecule has 2 aromatic heterocycles. The van der Waals surface area contributed by atoms with Crippen LogP contribution in [0.5, 0.6) is 0 Å². The Hall–Kier alpha value is -3.12. The molecule has 30 heavy (non-hydrogen) atoms. The summed E-state index contributed by atoms with van der Waals surface area (Å²) in [6, 6.07) is 1.47. The molecule has 0 bridgehead atoms. The first-order valence-electron chi connectivity index (χ1n) is 8.22. The Labute approximate surface area is 175 Å². The highest BCUT2D eigenvalue weighted by molar-refractivity contribution is 7.15. The normalized spacial score (nSPS) is 11.9. The van der Waals surface area contributed by atoms with Crippen molar-refractivity contribution in [1.29, 1.82) is 0 Å². The molecule has 0 saturated heterocycles. The second-order valence-corrected chi connectivity index (χ2v) is 7.07. The van der Waals surface area contributed by atoms with Crippen molar-refractivity contribution in [3.63, 3.8) is 0 Å². The fourth-order valence-corrected chi connectivity index (χ4v) is 3.35. The number of aromatic nitrogens is 2. The SMILES string of the molecule is C[C@@H](OC(=O)c1c(Cl)nc2sccn12)C(=O)NCC(=O)Nc1ccc(F)c(F)c1F. The summed E-state index contributed by atoms with van der Waals surface area (Å²) < 4.78 is 46.1. The van der Waals surface area contributed by atoms with Gasteiger partial charge in [0.15, 0.2) is 39.4 Å². The molecular formula is C17H12ClF3N4O4S. The molecule has 0 aliphatic rings. The van der Waals surface area contributed by atoms with Gasteiger partial charge >= 0.3 is 5.97 Å². The molecule has 0 saturated carbocycles. The quantitative estimate of drug-likeness (QED) is 0.435. The fourth-order valence-electron chi connectivity index (χ4n) is 2.34. The Kier molecular flexibility index (Phi) is 6.27. The number of halogens is 4. The number of fused-ring (bicyclic) bond motifs is 1. The van der Waals surface area contributed by atoms with E-state index in [1.807, 2.05) is 5.32 Å². The van der Waals surface area contributed by atoms with Gasteiger partial charge in [-0.25, -0.2) is 22.9 Å². The first kappa shape index (κ1) is 21.6. The summed E-state index contributed by atoms with van der Waals surface area (Å²) in [5.74, 6) is -7.36. The van der Waals surface area contributed by atoms with Crippen LogP contribution in [0.3, 0.4) is 0 Å². The molecule has 2 heterocycles. The number of amides is 2. The number of thiazole rings is 1. The number of benzene rings is 1. The van der Waals surface area contributed by atoms with Gasteiger partial charge in [-0.05, 0) is 19.1 Å². The van der Waals surface area contributed by atoms with E-state index in [2.05, 4.69) is 10.3 Å². The van der Waals surface area contributed by atoms with Gasteiger partial charge in [-0.2, -0.15) is 0 Å². The van der Waals surface area contributed by atoms with Crippen LogP contribution in [-0.4, -0.2) is 39.8 Å². The molecule has 3 rings (SSSR count). The Bertz CT molecular complexity index is 1150. The molecule has 0 aliphatic carbocycles. The average molecular weight is 461 g/mol. The number of ether oxygens (including phenoxy) is 1. The van der Waals surface area contributed by atoms with Crippen molar-refractivity contribution in [3.05, 3.63) is 52.0 Å². The Morgan fingerprint density at radius 2 is 2.00 bits per heavy atom. The van der Waals surface area contributed by atoms with Crippen LogP contribution >= 0.6 is 22.9 Å². The number of nitrogens with zero attached hydrogens (tertiary/aromatic N) is 2. The van der Waals surface area contributed by atoms with E-state index < -0.39 is 53.6 Å². The minimum Gasteiger partial charge on any atom is -0.448 e. The van der Waals surface area contributed by atoms with E-state index >= 15 is 0 Å². The summed E-state index contributed by atoms with van der Waals surface area (Å²) in [4.78, 5) is 40.6. The Morgan fingerprint density at radius 3 is 2.73 bits per heavy atom. The molecule has 2 amide bonds. The van der Waals surface area contributed by atoms with E-state index in [1.54, 1.807) is 11.6 Å². The maximum atomic E-state index is 13.6. The molecule has 0 fully saturated rings. The van der Waals surface area contributed by atoms with E-state index in [1.165, 1.54) is 22.7 Å². The van der Waals surface area contributed by atoms with Crippen molar-refractivity contribution >= 4 is 51.4 Å². The van der Waals surface area contributed by atoms with Gasteiger partial charge in [0.1, 0.15) is 0 Å². The van der Waals surface area contributed by atoms with Crippen molar-refractivity contribution in [3.8, 4) is 0 Å². The van der Waals surface area contributed by atoms with Crippen molar-refractivity contribution in [2.75, 3.05) is 11.9 Å². The van der Waals surface area contributed by atoms with E-state index in [0.29, 0.717) is 11.0 Å². The molecule has 13 heteroatoms. The van der Waals surface area contributed by atoms with E-state index in [-0.39, 0.29) is 10.8 Å². The lowest BCUT2D eigenvalue weighted by Crippen LogP contribution is -2.40. The molecule has 0 spiro atoms. The highest BCUT2D eigenvalue weighted by atomic mass is 35.5. The predicted octanol–water partition coefficient (Wildman–Crippen LogP) is 2.77. The molecule has 3 aromatic rings. The first-order valence-corrected chi connectivity index (χ1v) is 9.48. The molecule has 0 aliphatic heterocycles. The van der Waals surface area contributed by atoms with Gasteiger partial charge in [-0.15, -0.1) is 11.3 Å². The lowest BCUT2D eigenvalue weighted by Gasteiger charge is -2.13. The highest BCUT2D eigenvalue weighted by Crippen LogP contribution is 2.22. The van der Waals surface area contributed by atoms with Crippen LogP contribution in [0, 0.1) is 17.5 Å². The van der Waals surface area contributed by atoms with Crippen LogP contribution in [0.4, 0.5) is 18.9 Å². The minimum atomic E-state index is -1.74. The number of carbonyl (C=O) groups excluding carboxylic acids is 3. The number of hydrogen-bond donors (Lipinski definition) is 2. The number of nitrogens with one attached hydrogen (secondary N) is 2. The standard InChI is InChI=1S/C17H12ClF3N4O4S/c1-7(29-16(28)13-14(18)24-17-25(13)4-5-30-17)15(27)22-6-10(26)23-9-3-2-8(19)11(20)12(9)21/h2-5,7H,6H2,1H3,(H,22,27)(H,23,26)/t7-/m1/s1. The van der Waals surface area contributed by atoms with Crippen LogP contribution in [0.15, 0.2) is 23.7 Å². The summed E-state index contributed by atoms with van der Waals surface area (Å²) >= 11 is 7.16. The van der Waals surface area contributed by atoms with E-state index in [9.17, 15) is 27.6 Å². The average Bonchev–Trinajstić information content (AvgIpc) is 3.26. The van der Waals surface area contributed by atoms with Crippen LogP contribution in [0.25, 0.3) is 4.96 Å². The minimum absolute atomic E-state index is 0.0564. The zero-order valence-corrected chi connectivity index (χ0v) is 16.6. The third-order valence-electron chi connectivity index (χ3n) is 3.80. The van der Waals surface area contributed by atoms with Crippen molar-refractivity contribution in [1.82, 2.24) is 14.7 Å². The van der Waals surface area contributed by atoms with Gasteiger partial charge in [0.2, 0.25) is 5.91 Å². The highest BCUT2D eigenvalue weighted by Gasteiger charge is 2.25. The lowest BCUT2D eigenvalue weighted by molar-refractivity contribution is -0.130. The van der Waals surface area contributed by atoms with Crippen LogP contribution in [-0.2, 0) is 14.3 Å². The molecule has 0 radical (unpaired) electrons. The first-order chi connectivity index (χ1) is 14.2. The third-order valence-corrected chi connectivity index (χ3v) is 4.82. The van der Waals surface area contributed by atoms with Crippen molar-refractivity contribution < 1.29 is 32.3 Å². The van der Waals surface area contributed by atoms with Crippen LogP contribution < -0.4 is 10.6 Å². The topological polar surface area (TPSA) is 102 Å². The fraction of sp³-hybridized carbons (Fsp3) is 0.176. The zero-order valence-electron chi connectivity index (χ0n) is 15.0. The summed E-state index contributed by atoms with van der Waals surface area (Å²) in [6.45, 7) is 0.626. The molecule has 0 unspecified atom stereocenters. The summed E-state index contributed by atoms with van der Waals surface area (Å²) in [5, 5.41) is 5.75. The van der Waals surface area contributed by atoms with Crippen LogP contribution in [0.2, 0.25) is 5.15 Å². The van der Waals surface area contributed by atoms with Crippen molar-refractivity contribution in [2.24, 2.45) is 0 Å². The van der Waals surface area contributed by atoms with Gasteiger partial charge in [-0.3, -0.25) is 14.0 Å². The molecule has 158 valence electrons. The Morgan fingerprint density at radius 1 is 1.27 bits per heavy atom. The van der Waals surface area contributed by atoms with Crippen LogP contribution in [0.1, 0.15) is 17.4 Å². The van der Waals surface area contributed by atoms with Crippen molar-refractivity contribution in [2.45, 2.75) is 13.0 Å². The van der Waals surface area contributed by atoms with E-state index in [4.69, 9.17) is 16.3 Å². The Balaban J connectivity index is 1.55. The second-order valence-electron chi connectivity index (χ2n) is 5.84. The maximum absolute atomic E-state index is 13.6. The summed E-state index contributed by atoms with van der Waals surface area (Å²) in [5.41, 5.74) is -0.651. The molecule has 2 N–H and O–H groups in total. The molecule has 1 atom stereocenters.